The van der Waals surface area contributed by atoms with Crippen molar-refractivity contribution < 1.29 is 23.9 Å². The first-order valence-electron chi connectivity index (χ1n) is 9.87. The fourth-order valence-electron chi connectivity index (χ4n) is 3.75. The first-order valence-corrected chi connectivity index (χ1v) is 9.87. The molecule has 2 aliphatic rings. The molecule has 0 saturated heterocycles. The third-order valence-corrected chi connectivity index (χ3v) is 5.45. The third kappa shape index (κ3) is 3.96. The zero-order valence-electron chi connectivity index (χ0n) is 16.8. The van der Waals surface area contributed by atoms with E-state index in [1.807, 2.05) is 0 Å². The van der Waals surface area contributed by atoms with Gasteiger partial charge in [-0.25, -0.2) is 4.79 Å². The molecule has 3 amide bonds. The number of nitrogens with zero attached hydrogens (tertiary/aromatic N) is 2. The predicted octanol–water partition coefficient (Wildman–Crippen LogP) is 2.36. The van der Waals surface area contributed by atoms with Crippen LogP contribution in [0.3, 0.4) is 0 Å². The molecule has 1 fully saturated rings. The lowest BCUT2D eigenvalue weighted by molar-refractivity contribution is -0.130. The summed E-state index contributed by atoms with van der Waals surface area (Å²) >= 11 is 0. The minimum atomic E-state index is -1.12. The number of rotatable bonds is 6. The summed E-state index contributed by atoms with van der Waals surface area (Å²) in [5.41, 5.74) is -0.551. The Morgan fingerprint density at radius 2 is 1.93 bits per heavy atom. The van der Waals surface area contributed by atoms with Crippen LogP contribution in [0.15, 0.2) is 30.9 Å². The maximum atomic E-state index is 12.5. The van der Waals surface area contributed by atoms with Gasteiger partial charge in [0.05, 0.1) is 22.8 Å². The molecule has 30 heavy (non-hydrogen) atoms. The van der Waals surface area contributed by atoms with Crippen molar-refractivity contribution in [2.24, 2.45) is 0 Å². The number of benzene rings is 1. The third-order valence-electron chi connectivity index (χ3n) is 5.45. The molecule has 1 N–H and O–H groups in total. The quantitative estimate of drug-likeness (QED) is 0.438. The molecule has 1 aromatic carbocycles. The molecule has 8 nitrogen and oxygen atoms in total. The van der Waals surface area contributed by atoms with E-state index in [9.17, 15) is 24.4 Å². The lowest BCUT2D eigenvalue weighted by Gasteiger charge is -2.32. The van der Waals surface area contributed by atoms with Gasteiger partial charge in [-0.15, -0.1) is 6.58 Å². The van der Waals surface area contributed by atoms with Gasteiger partial charge in [0.2, 0.25) is 0 Å². The van der Waals surface area contributed by atoms with Gasteiger partial charge in [-0.05, 0) is 38.0 Å². The van der Waals surface area contributed by atoms with E-state index in [1.165, 1.54) is 31.2 Å². The number of esters is 1. The van der Waals surface area contributed by atoms with Crippen molar-refractivity contribution in [2.45, 2.75) is 50.7 Å². The zero-order valence-corrected chi connectivity index (χ0v) is 16.8. The van der Waals surface area contributed by atoms with Crippen molar-refractivity contribution in [1.29, 1.82) is 5.26 Å². The smallest absolute Gasteiger partial charge is 0.338 e. The van der Waals surface area contributed by atoms with Crippen LogP contribution in [-0.2, 0) is 9.53 Å². The van der Waals surface area contributed by atoms with E-state index in [0.717, 1.165) is 24.2 Å². The predicted molar refractivity (Wildman–Crippen MR) is 106 cm³/mol. The van der Waals surface area contributed by atoms with Gasteiger partial charge in [0.25, 0.3) is 17.7 Å². The van der Waals surface area contributed by atoms with E-state index < -0.39 is 35.3 Å². The summed E-state index contributed by atoms with van der Waals surface area (Å²) in [6.45, 7) is 5.02. The summed E-state index contributed by atoms with van der Waals surface area (Å²) in [5.74, 6) is -2.30. The summed E-state index contributed by atoms with van der Waals surface area (Å²) in [4.78, 5) is 50.7. The van der Waals surface area contributed by atoms with Crippen molar-refractivity contribution >= 4 is 23.7 Å². The Morgan fingerprint density at radius 3 is 2.57 bits per heavy atom. The highest BCUT2D eigenvalue weighted by molar-refractivity contribution is 6.22. The van der Waals surface area contributed by atoms with Crippen molar-refractivity contribution in [3.63, 3.8) is 0 Å². The molecule has 0 spiro atoms. The fourth-order valence-corrected chi connectivity index (χ4v) is 3.75. The summed E-state index contributed by atoms with van der Waals surface area (Å²) < 4.78 is 5.24. The molecule has 0 unspecified atom stereocenters. The van der Waals surface area contributed by atoms with Crippen LogP contribution in [0.2, 0.25) is 0 Å². The van der Waals surface area contributed by atoms with E-state index in [1.54, 1.807) is 0 Å². The van der Waals surface area contributed by atoms with E-state index >= 15 is 0 Å². The Balaban J connectivity index is 1.69. The molecule has 1 aliphatic carbocycles. The minimum Gasteiger partial charge on any atom is -0.449 e. The molecule has 1 heterocycles. The standard InChI is InChI=1S/C22H23N3O5/c1-3-11-25-19(27)16-8-7-15(12-17(16)20(25)28)21(29)30-14(2)18(26)24-22(13-23)9-5-4-6-10-22/h3,7-8,12,14H,1,4-6,9-11H2,2H3,(H,24,26)/t14-/m0/s1. The molecular formula is C22H23N3O5. The zero-order chi connectivity index (χ0) is 21.9. The lowest BCUT2D eigenvalue weighted by Crippen LogP contribution is -2.52. The molecule has 156 valence electrons. The van der Waals surface area contributed by atoms with Crippen LogP contribution in [-0.4, -0.2) is 46.8 Å². The van der Waals surface area contributed by atoms with Crippen LogP contribution in [0, 0.1) is 11.3 Å². The van der Waals surface area contributed by atoms with Gasteiger partial charge < -0.3 is 10.1 Å². The largest absolute Gasteiger partial charge is 0.449 e. The monoisotopic (exact) mass is 409 g/mol. The highest BCUT2D eigenvalue weighted by atomic mass is 16.5. The van der Waals surface area contributed by atoms with Crippen LogP contribution in [0.1, 0.15) is 70.1 Å². The number of imide groups is 1. The van der Waals surface area contributed by atoms with Gasteiger partial charge >= 0.3 is 5.97 Å². The number of ether oxygens (including phenoxy) is 1. The van der Waals surface area contributed by atoms with Gasteiger partial charge in [0.15, 0.2) is 6.10 Å². The highest BCUT2D eigenvalue weighted by Crippen LogP contribution is 2.28. The van der Waals surface area contributed by atoms with Gasteiger partial charge in [-0.3, -0.25) is 19.3 Å². The van der Waals surface area contributed by atoms with E-state index in [-0.39, 0.29) is 23.2 Å². The maximum absolute atomic E-state index is 12.5. The number of amides is 3. The van der Waals surface area contributed by atoms with Crippen LogP contribution in [0.5, 0.6) is 0 Å². The lowest BCUT2D eigenvalue weighted by atomic mass is 9.83. The summed E-state index contributed by atoms with van der Waals surface area (Å²) in [5, 5.41) is 12.2. The molecule has 1 atom stereocenters. The average Bonchev–Trinajstić information content (AvgIpc) is 2.99. The van der Waals surface area contributed by atoms with Gasteiger partial charge in [-0.2, -0.15) is 5.26 Å². The number of hydrogen-bond donors (Lipinski definition) is 1. The Bertz CT molecular complexity index is 956. The van der Waals surface area contributed by atoms with Gasteiger partial charge in [0, 0.05) is 6.54 Å². The molecule has 0 bridgehead atoms. The highest BCUT2D eigenvalue weighted by Gasteiger charge is 2.37. The first kappa shape index (κ1) is 21.2. The van der Waals surface area contributed by atoms with Crippen LogP contribution in [0.4, 0.5) is 0 Å². The summed E-state index contributed by atoms with van der Waals surface area (Å²) in [6.07, 6.45) is 4.19. The SMILES string of the molecule is C=CCN1C(=O)c2ccc(C(=O)O[C@@H](C)C(=O)NC3(C#N)CCCCC3)cc2C1=O. The average molecular weight is 409 g/mol. The number of nitriles is 1. The molecule has 1 aliphatic heterocycles. The number of fused-ring (bicyclic) bond motifs is 1. The molecular weight excluding hydrogens is 386 g/mol. The Labute approximate surface area is 174 Å². The number of carbonyl (C=O) groups is 4. The molecule has 0 radical (unpaired) electrons. The Hall–Kier alpha value is -3.47. The van der Waals surface area contributed by atoms with Crippen molar-refractivity contribution in [3.05, 3.63) is 47.5 Å². The second-order valence-electron chi connectivity index (χ2n) is 7.56. The molecule has 0 aromatic heterocycles. The van der Waals surface area contributed by atoms with Crippen molar-refractivity contribution in [1.82, 2.24) is 10.2 Å². The van der Waals surface area contributed by atoms with Crippen molar-refractivity contribution in [3.8, 4) is 6.07 Å². The van der Waals surface area contributed by atoms with Crippen LogP contribution in [0.25, 0.3) is 0 Å². The van der Waals surface area contributed by atoms with Crippen LogP contribution >= 0.6 is 0 Å². The second kappa shape index (κ2) is 8.49. The fraction of sp³-hybridized carbons (Fsp3) is 0.409. The van der Waals surface area contributed by atoms with Crippen molar-refractivity contribution in [2.75, 3.05) is 6.54 Å². The number of carbonyl (C=O) groups excluding carboxylic acids is 4. The van der Waals surface area contributed by atoms with Gasteiger partial charge in [-0.1, -0.05) is 25.3 Å². The maximum Gasteiger partial charge on any atom is 0.338 e. The second-order valence-corrected chi connectivity index (χ2v) is 7.56. The first-order chi connectivity index (χ1) is 14.3. The Kier molecular flexibility index (Phi) is 6.01. The normalized spacial score (nSPS) is 18.2. The molecule has 1 aromatic rings. The van der Waals surface area contributed by atoms with E-state index in [2.05, 4.69) is 18.0 Å². The van der Waals surface area contributed by atoms with E-state index in [0.29, 0.717) is 12.8 Å². The van der Waals surface area contributed by atoms with Crippen LogP contribution < -0.4 is 5.32 Å². The number of hydrogen-bond acceptors (Lipinski definition) is 6. The van der Waals surface area contributed by atoms with Gasteiger partial charge in [0.1, 0.15) is 5.54 Å². The minimum absolute atomic E-state index is 0.0580. The molecule has 1 saturated carbocycles. The summed E-state index contributed by atoms with van der Waals surface area (Å²) in [6, 6.07) is 6.26. The molecule has 3 rings (SSSR count). The molecule has 8 heteroatoms. The summed E-state index contributed by atoms with van der Waals surface area (Å²) in [7, 11) is 0. The van der Waals surface area contributed by atoms with E-state index in [4.69, 9.17) is 4.74 Å². The number of nitrogens with one attached hydrogen (secondary N) is 1. The Morgan fingerprint density at radius 1 is 1.27 bits per heavy atom. The topological polar surface area (TPSA) is 117 Å².